The van der Waals surface area contributed by atoms with Crippen LogP contribution in [0.15, 0.2) is 0 Å². The quantitative estimate of drug-likeness (QED) is 0.753. The van der Waals surface area contributed by atoms with Gasteiger partial charge >= 0.3 is 0 Å². The van der Waals surface area contributed by atoms with Crippen molar-refractivity contribution >= 4 is 0 Å². The van der Waals surface area contributed by atoms with Gasteiger partial charge in [0.05, 0.1) is 0 Å². The molecule has 0 radical (unpaired) electrons. The van der Waals surface area contributed by atoms with Crippen molar-refractivity contribution in [3.63, 3.8) is 0 Å². The predicted octanol–water partition coefficient (Wildman–Crippen LogP) is 4.33. The van der Waals surface area contributed by atoms with Crippen molar-refractivity contribution < 1.29 is 0 Å². The summed E-state index contributed by atoms with van der Waals surface area (Å²) >= 11 is 0. The Morgan fingerprint density at radius 2 is 1.65 bits per heavy atom. The molecule has 1 aliphatic rings. The molecule has 1 N–H and O–H groups in total. The van der Waals surface area contributed by atoms with E-state index < -0.39 is 0 Å². The number of rotatable bonds is 5. The largest absolute Gasteiger partial charge is 0.314 e. The zero-order valence-corrected chi connectivity index (χ0v) is 12.8. The lowest BCUT2D eigenvalue weighted by Crippen LogP contribution is -2.34. The second kappa shape index (κ2) is 6.78. The highest BCUT2D eigenvalue weighted by atomic mass is 14.9. The van der Waals surface area contributed by atoms with E-state index in [9.17, 15) is 0 Å². The van der Waals surface area contributed by atoms with E-state index in [0.29, 0.717) is 6.04 Å². The first kappa shape index (κ1) is 15.0. The van der Waals surface area contributed by atoms with Gasteiger partial charge in [0.2, 0.25) is 0 Å². The van der Waals surface area contributed by atoms with E-state index in [1.54, 1.807) is 0 Å². The molecule has 0 bridgehead atoms. The normalized spacial score (nSPS) is 33.7. The van der Waals surface area contributed by atoms with Gasteiger partial charge in [-0.3, -0.25) is 0 Å². The molecule has 1 rings (SSSR count). The summed E-state index contributed by atoms with van der Waals surface area (Å²) in [5, 5.41) is 3.59. The molecule has 1 nitrogen and oxygen atoms in total. The first-order chi connectivity index (χ1) is 7.91. The van der Waals surface area contributed by atoms with Gasteiger partial charge in [0.25, 0.3) is 0 Å². The summed E-state index contributed by atoms with van der Waals surface area (Å²) in [6.07, 6.45) is 4.35. The molecule has 0 spiro atoms. The number of hydrogen-bond donors (Lipinski definition) is 1. The third-order valence-corrected chi connectivity index (χ3v) is 5.13. The standard InChI is InChI=1S/C16H33N/c1-11(2)17-10-14(5)15(6)16-8-7-12(3)13(4)9-16/h11-17H,7-10H2,1-6H3. The fourth-order valence-electron chi connectivity index (χ4n) is 3.14. The molecule has 5 unspecified atom stereocenters. The second-order valence-corrected chi connectivity index (χ2v) is 6.93. The van der Waals surface area contributed by atoms with Gasteiger partial charge in [0.1, 0.15) is 0 Å². The van der Waals surface area contributed by atoms with Crippen molar-refractivity contribution in [3.8, 4) is 0 Å². The van der Waals surface area contributed by atoms with E-state index in [4.69, 9.17) is 0 Å². The number of hydrogen-bond acceptors (Lipinski definition) is 1. The van der Waals surface area contributed by atoms with Crippen molar-refractivity contribution in [1.82, 2.24) is 5.32 Å². The molecule has 17 heavy (non-hydrogen) atoms. The average molecular weight is 239 g/mol. The summed E-state index contributed by atoms with van der Waals surface area (Å²) in [7, 11) is 0. The van der Waals surface area contributed by atoms with Crippen LogP contribution in [-0.2, 0) is 0 Å². The Balaban J connectivity index is 2.38. The molecule has 1 saturated carbocycles. The summed E-state index contributed by atoms with van der Waals surface area (Å²) in [6.45, 7) is 15.4. The third-order valence-electron chi connectivity index (χ3n) is 5.13. The van der Waals surface area contributed by atoms with Gasteiger partial charge in [-0.05, 0) is 49.0 Å². The van der Waals surface area contributed by atoms with Crippen LogP contribution in [0.3, 0.4) is 0 Å². The highest BCUT2D eigenvalue weighted by Gasteiger charge is 2.30. The summed E-state index contributed by atoms with van der Waals surface area (Å²) in [5.41, 5.74) is 0. The Morgan fingerprint density at radius 3 is 2.18 bits per heavy atom. The van der Waals surface area contributed by atoms with E-state index >= 15 is 0 Å². The molecule has 1 fully saturated rings. The fourth-order valence-corrected chi connectivity index (χ4v) is 3.14. The number of nitrogens with one attached hydrogen (secondary N) is 1. The van der Waals surface area contributed by atoms with Crippen LogP contribution in [-0.4, -0.2) is 12.6 Å². The van der Waals surface area contributed by atoms with Gasteiger partial charge in [-0.25, -0.2) is 0 Å². The third kappa shape index (κ3) is 4.62. The Bertz CT molecular complexity index is 212. The zero-order valence-electron chi connectivity index (χ0n) is 12.8. The Morgan fingerprint density at radius 1 is 1.00 bits per heavy atom. The lowest BCUT2D eigenvalue weighted by atomic mass is 9.69. The van der Waals surface area contributed by atoms with Gasteiger partial charge < -0.3 is 5.32 Å². The van der Waals surface area contributed by atoms with E-state index in [2.05, 4.69) is 46.9 Å². The van der Waals surface area contributed by atoms with E-state index in [0.717, 1.165) is 29.6 Å². The molecular formula is C16H33N. The van der Waals surface area contributed by atoms with Gasteiger partial charge in [0.15, 0.2) is 0 Å². The van der Waals surface area contributed by atoms with Crippen molar-refractivity contribution in [2.45, 2.75) is 66.8 Å². The first-order valence-corrected chi connectivity index (χ1v) is 7.65. The fraction of sp³-hybridized carbons (Fsp3) is 1.00. The maximum atomic E-state index is 3.59. The van der Waals surface area contributed by atoms with Crippen LogP contribution in [0.1, 0.15) is 60.8 Å². The lowest BCUT2D eigenvalue weighted by molar-refractivity contribution is 0.133. The Labute approximate surface area is 109 Å². The molecule has 0 aromatic heterocycles. The van der Waals surface area contributed by atoms with Crippen LogP contribution in [0.5, 0.6) is 0 Å². The molecule has 0 aromatic rings. The van der Waals surface area contributed by atoms with Crippen LogP contribution in [0.25, 0.3) is 0 Å². The van der Waals surface area contributed by atoms with Crippen molar-refractivity contribution in [3.05, 3.63) is 0 Å². The average Bonchev–Trinajstić information content (AvgIpc) is 2.28. The van der Waals surface area contributed by atoms with Gasteiger partial charge in [0, 0.05) is 6.04 Å². The molecule has 102 valence electrons. The Hall–Kier alpha value is -0.0400. The SMILES string of the molecule is CC(C)NCC(C)C(C)C1CCC(C)C(C)C1. The van der Waals surface area contributed by atoms with Gasteiger partial charge in [-0.15, -0.1) is 0 Å². The molecule has 1 aliphatic carbocycles. The minimum Gasteiger partial charge on any atom is -0.314 e. The summed E-state index contributed by atoms with van der Waals surface area (Å²) < 4.78 is 0. The highest BCUT2D eigenvalue weighted by molar-refractivity contribution is 4.81. The van der Waals surface area contributed by atoms with E-state index in [-0.39, 0.29) is 0 Å². The molecule has 5 atom stereocenters. The maximum absolute atomic E-state index is 3.59. The van der Waals surface area contributed by atoms with Crippen LogP contribution in [0, 0.1) is 29.6 Å². The molecular weight excluding hydrogens is 206 g/mol. The van der Waals surface area contributed by atoms with Crippen LogP contribution in [0.2, 0.25) is 0 Å². The smallest absolute Gasteiger partial charge is 0.00104 e. The Kier molecular flexibility index (Phi) is 5.99. The van der Waals surface area contributed by atoms with Gasteiger partial charge in [-0.1, -0.05) is 48.0 Å². The second-order valence-electron chi connectivity index (χ2n) is 6.93. The maximum Gasteiger partial charge on any atom is 0.00104 e. The van der Waals surface area contributed by atoms with Crippen LogP contribution < -0.4 is 5.32 Å². The van der Waals surface area contributed by atoms with Crippen molar-refractivity contribution in [2.24, 2.45) is 29.6 Å². The molecule has 0 amide bonds. The molecule has 0 saturated heterocycles. The highest BCUT2D eigenvalue weighted by Crippen LogP contribution is 2.39. The first-order valence-electron chi connectivity index (χ1n) is 7.65. The molecule has 0 aliphatic heterocycles. The van der Waals surface area contributed by atoms with Crippen LogP contribution >= 0.6 is 0 Å². The van der Waals surface area contributed by atoms with Crippen molar-refractivity contribution in [1.29, 1.82) is 0 Å². The van der Waals surface area contributed by atoms with Gasteiger partial charge in [-0.2, -0.15) is 0 Å². The monoisotopic (exact) mass is 239 g/mol. The molecule has 0 heterocycles. The minimum absolute atomic E-state index is 0.620. The van der Waals surface area contributed by atoms with E-state index in [1.165, 1.54) is 25.8 Å². The van der Waals surface area contributed by atoms with Crippen LogP contribution in [0.4, 0.5) is 0 Å². The van der Waals surface area contributed by atoms with E-state index in [1.807, 2.05) is 0 Å². The molecule has 1 heteroatoms. The summed E-state index contributed by atoms with van der Waals surface area (Å²) in [4.78, 5) is 0. The molecule has 0 aromatic carbocycles. The summed E-state index contributed by atoms with van der Waals surface area (Å²) in [6, 6.07) is 0.620. The minimum atomic E-state index is 0.620. The summed E-state index contributed by atoms with van der Waals surface area (Å²) in [5.74, 6) is 4.52. The lowest BCUT2D eigenvalue weighted by Gasteiger charge is -2.38. The topological polar surface area (TPSA) is 12.0 Å². The van der Waals surface area contributed by atoms with Crippen molar-refractivity contribution in [2.75, 3.05) is 6.54 Å². The predicted molar refractivity (Wildman–Crippen MR) is 77.1 cm³/mol. The zero-order chi connectivity index (χ0) is 13.0.